The van der Waals surface area contributed by atoms with E-state index >= 15 is 0 Å². The molecule has 3 heteroatoms. The minimum Gasteiger partial charge on any atom is -0.486 e. The van der Waals surface area contributed by atoms with Gasteiger partial charge in [0.15, 0.2) is 11.5 Å². The van der Waals surface area contributed by atoms with Crippen molar-refractivity contribution in [2.45, 2.75) is 25.6 Å². The van der Waals surface area contributed by atoms with E-state index in [0.29, 0.717) is 6.61 Å². The van der Waals surface area contributed by atoms with Gasteiger partial charge in [0.2, 0.25) is 0 Å². The van der Waals surface area contributed by atoms with Gasteiger partial charge in [-0.1, -0.05) is 42.5 Å². The normalized spacial score (nSPS) is 18.6. The average molecular weight is 269 g/mol. The zero-order valence-electron chi connectivity index (χ0n) is 11.6. The molecule has 0 spiro atoms. The maximum absolute atomic E-state index is 5.99. The lowest BCUT2D eigenvalue weighted by Gasteiger charge is -2.31. The molecule has 1 N–H and O–H groups in total. The Morgan fingerprint density at radius 2 is 1.75 bits per heavy atom. The van der Waals surface area contributed by atoms with E-state index in [4.69, 9.17) is 9.47 Å². The second-order valence-corrected chi connectivity index (χ2v) is 5.07. The van der Waals surface area contributed by atoms with Gasteiger partial charge in [-0.2, -0.15) is 0 Å². The molecule has 3 nitrogen and oxygen atoms in total. The Bertz CT molecular complexity index is 556. The molecule has 0 saturated carbocycles. The van der Waals surface area contributed by atoms with Crippen LogP contribution in [0.25, 0.3) is 0 Å². The minimum absolute atomic E-state index is 0.0358. The second kappa shape index (κ2) is 5.97. The first-order valence-electron chi connectivity index (χ1n) is 6.99. The highest BCUT2D eigenvalue weighted by Gasteiger charge is 2.25. The highest BCUT2D eigenvalue weighted by molar-refractivity contribution is 5.40. The van der Waals surface area contributed by atoms with Crippen molar-refractivity contribution in [2.24, 2.45) is 0 Å². The predicted octanol–water partition coefficient (Wildman–Crippen LogP) is 3.00. The van der Waals surface area contributed by atoms with Crippen LogP contribution in [-0.4, -0.2) is 18.8 Å². The Hall–Kier alpha value is -2.00. The maximum Gasteiger partial charge on any atom is 0.161 e. The summed E-state index contributed by atoms with van der Waals surface area (Å²) >= 11 is 0. The third kappa shape index (κ3) is 2.94. The molecule has 0 amide bonds. The minimum atomic E-state index is 0.0358. The molecule has 0 aromatic heterocycles. The van der Waals surface area contributed by atoms with Crippen molar-refractivity contribution >= 4 is 0 Å². The number of benzene rings is 2. The summed E-state index contributed by atoms with van der Waals surface area (Å²) in [5.41, 5.74) is 1.27. The Labute approximate surface area is 119 Å². The number of hydrogen-bond acceptors (Lipinski definition) is 3. The molecule has 2 aromatic rings. The molecule has 3 rings (SSSR count). The number of ether oxygens (including phenoxy) is 2. The third-order valence-electron chi connectivity index (χ3n) is 3.56. The molecule has 0 bridgehead atoms. The average Bonchev–Trinajstić information content (AvgIpc) is 2.53. The van der Waals surface area contributed by atoms with E-state index in [1.807, 2.05) is 30.3 Å². The molecule has 0 saturated heterocycles. The SMILES string of the molecule is C[C@H](NCc1ccccc1)[C@H]1COc2ccccc2O1. The van der Waals surface area contributed by atoms with Crippen LogP contribution in [0.15, 0.2) is 54.6 Å². The maximum atomic E-state index is 5.99. The van der Waals surface area contributed by atoms with Gasteiger partial charge in [-0.05, 0) is 24.6 Å². The van der Waals surface area contributed by atoms with Crippen LogP contribution in [0, 0.1) is 0 Å². The summed E-state index contributed by atoms with van der Waals surface area (Å²) < 4.78 is 11.7. The van der Waals surface area contributed by atoms with Crippen molar-refractivity contribution in [1.29, 1.82) is 0 Å². The lowest BCUT2D eigenvalue weighted by atomic mass is 10.1. The zero-order valence-corrected chi connectivity index (χ0v) is 11.6. The van der Waals surface area contributed by atoms with E-state index in [-0.39, 0.29) is 12.1 Å². The molecule has 2 atom stereocenters. The van der Waals surface area contributed by atoms with E-state index in [9.17, 15) is 0 Å². The summed E-state index contributed by atoms with van der Waals surface area (Å²) in [4.78, 5) is 0. The van der Waals surface area contributed by atoms with Crippen LogP contribution >= 0.6 is 0 Å². The van der Waals surface area contributed by atoms with Crippen LogP contribution in [0.1, 0.15) is 12.5 Å². The standard InChI is InChI=1S/C17H19NO2/c1-13(18-11-14-7-3-2-4-8-14)17-12-19-15-9-5-6-10-16(15)20-17/h2-10,13,17-18H,11-12H2,1H3/t13-,17+/m0/s1. The van der Waals surface area contributed by atoms with Gasteiger partial charge in [0.1, 0.15) is 12.7 Å². The molecule has 0 unspecified atom stereocenters. The summed E-state index contributed by atoms with van der Waals surface area (Å²) in [7, 11) is 0. The molecule has 104 valence electrons. The number of hydrogen-bond donors (Lipinski definition) is 1. The highest BCUT2D eigenvalue weighted by Crippen LogP contribution is 2.31. The molecular weight excluding hydrogens is 250 g/mol. The van der Waals surface area contributed by atoms with Gasteiger partial charge in [-0.25, -0.2) is 0 Å². The molecule has 1 aliphatic rings. The van der Waals surface area contributed by atoms with Crippen molar-refractivity contribution in [3.05, 3.63) is 60.2 Å². The van der Waals surface area contributed by atoms with Crippen molar-refractivity contribution in [3.8, 4) is 11.5 Å². The Morgan fingerprint density at radius 1 is 1.05 bits per heavy atom. The zero-order chi connectivity index (χ0) is 13.8. The number of rotatable bonds is 4. The topological polar surface area (TPSA) is 30.5 Å². The molecule has 2 aromatic carbocycles. The molecule has 0 aliphatic carbocycles. The van der Waals surface area contributed by atoms with Crippen LogP contribution in [0.3, 0.4) is 0 Å². The molecule has 20 heavy (non-hydrogen) atoms. The lowest BCUT2D eigenvalue weighted by molar-refractivity contribution is 0.0662. The lowest BCUT2D eigenvalue weighted by Crippen LogP contribution is -2.45. The van der Waals surface area contributed by atoms with Gasteiger partial charge in [0.25, 0.3) is 0 Å². The summed E-state index contributed by atoms with van der Waals surface area (Å²) in [6.45, 7) is 3.55. The van der Waals surface area contributed by atoms with Crippen molar-refractivity contribution in [1.82, 2.24) is 5.32 Å². The fourth-order valence-corrected chi connectivity index (χ4v) is 2.29. The number of nitrogens with one attached hydrogen (secondary N) is 1. The van der Waals surface area contributed by atoms with Gasteiger partial charge in [0.05, 0.1) is 0 Å². The molecule has 0 fully saturated rings. The van der Waals surface area contributed by atoms with Crippen LogP contribution in [0.5, 0.6) is 11.5 Å². The van der Waals surface area contributed by atoms with Crippen LogP contribution < -0.4 is 14.8 Å². The third-order valence-corrected chi connectivity index (χ3v) is 3.56. The van der Waals surface area contributed by atoms with E-state index in [2.05, 4.69) is 36.5 Å². The van der Waals surface area contributed by atoms with Crippen molar-refractivity contribution in [2.75, 3.05) is 6.61 Å². The van der Waals surface area contributed by atoms with Crippen molar-refractivity contribution in [3.63, 3.8) is 0 Å². The van der Waals surface area contributed by atoms with E-state index in [1.54, 1.807) is 0 Å². The van der Waals surface area contributed by atoms with Gasteiger partial charge in [0, 0.05) is 12.6 Å². The summed E-state index contributed by atoms with van der Waals surface area (Å²) in [5.74, 6) is 1.66. The van der Waals surface area contributed by atoms with Gasteiger partial charge < -0.3 is 14.8 Å². The largest absolute Gasteiger partial charge is 0.486 e. The first kappa shape index (κ1) is 13.0. The number of para-hydroxylation sites is 2. The highest BCUT2D eigenvalue weighted by atomic mass is 16.6. The second-order valence-electron chi connectivity index (χ2n) is 5.07. The van der Waals surface area contributed by atoms with E-state index < -0.39 is 0 Å². The fraction of sp³-hybridized carbons (Fsp3) is 0.294. The van der Waals surface area contributed by atoms with Gasteiger partial charge in [-0.15, -0.1) is 0 Å². The number of fused-ring (bicyclic) bond motifs is 1. The predicted molar refractivity (Wildman–Crippen MR) is 79.1 cm³/mol. The van der Waals surface area contributed by atoms with Crippen LogP contribution in [0.2, 0.25) is 0 Å². The Morgan fingerprint density at radius 3 is 2.55 bits per heavy atom. The van der Waals surface area contributed by atoms with Gasteiger partial charge in [-0.3, -0.25) is 0 Å². The van der Waals surface area contributed by atoms with E-state index in [1.165, 1.54) is 5.56 Å². The molecule has 0 radical (unpaired) electrons. The first-order chi connectivity index (χ1) is 9.83. The quantitative estimate of drug-likeness (QED) is 0.925. The van der Waals surface area contributed by atoms with Gasteiger partial charge >= 0.3 is 0 Å². The van der Waals surface area contributed by atoms with E-state index in [0.717, 1.165) is 18.0 Å². The fourth-order valence-electron chi connectivity index (χ4n) is 2.29. The molecule has 1 heterocycles. The Balaban J connectivity index is 1.58. The first-order valence-corrected chi connectivity index (χ1v) is 6.99. The van der Waals surface area contributed by atoms with Crippen molar-refractivity contribution < 1.29 is 9.47 Å². The summed E-state index contributed by atoms with van der Waals surface area (Å²) in [6.07, 6.45) is 0.0358. The molecule has 1 aliphatic heterocycles. The van der Waals surface area contributed by atoms with Crippen LogP contribution in [-0.2, 0) is 6.54 Å². The summed E-state index contributed by atoms with van der Waals surface area (Å²) in [5, 5.41) is 3.49. The monoisotopic (exact) mass is 269 g/mol. The Kier molecular flexibility index (Phi) is 3.88. The molecular formula is C17H19NO2. The smallest absolute Gasteiger partial charge is 0.161 e. The van der Waals surface area contributed by atoms with Crippen LogP contribution in [0.4, 0.5) is 0 Å². The summed E-state index contributed by atoms with van der Waals surface area (Å²) in [6, 6.07) is 18.4.